The van der Waals surface area contributed by atoms with Crippen LogP contribution in [0.2, 0.25) is 0 Å². The summed E-state index contributed by atoms with van der Waals surface area (Å²) >= 11 is 3.55. The van der Waals surface area contributed by atoms with E-state index in [1.54, 1.807) is 0 Å². The van der Waals surface area contributed by atoms with E-state index in [0.717, 1.165) is 29.6 Å². The lowest BCUT2D eigenvalue weighted by Crippen LogP contribution is -2.22. The molecule has 0 aliphatic rings. The molecule has 0 radical (unpaired) electrons. The van der Waals surface area contributed by atoms with Gasteiger partial charge < -0.3 is 5.32 Å². The molecule has 1 unspecified atom stereocenters. The number of hydrogen-bond donors (Lipinski definition) is 1. The summed E-state index contributed by atoms with van der Waals surface area (Å²) in [6.45, 7) is 9.25. The van der Waals surface area contributed by atoms with Gasteiger partial charge in [0.1, 0.15) is 0 Å². The molecule has 0 aliphatic carbocycles. The summed E-state index contributed by atoms with van der Waals surface area (Å²) in [6.07, 6.45) is 3.80. The first-order valence-electron chi connectivity index (χ1n) is 5.69. The molecule has 0 saturated heterocycles. The van der Waals surface area contributed by atoms with E-state index < -0.39 is 0 Å². The van der Waals surface area contributed by atoms with Gasteiger partial charge in [-0.05, 0) is 47.4 Å². The predicted octanol–water partition coefficient (Wildman–Crippen LogP) is 3.85. The second-order valence-corrected chi connectivity index (χ2v) is 4.64. The first-order chi connectivity index (χ1) is 7.69. The highest BCUT2D eigenvalue weighted by Gasteiger charge is 2.15. The minimum atomic E-state index is 0.257. The van der Waals surface area contributed by atoms with E-state index in [2.05, 4.69) is 46.7 Å². The molecule has 0 spiro atoms. The normalized spacial score (nSPS) is 12.4. The molecular formula is C13H19BrN2. The Morgan fingerprint density at radius 3 is 2.88 bits per heavy atom. The van der Waals surface area contributed by atoms with Gasteiger partial charge in [-0.1, -0.05) is 26.0 Å². The lowest BCUT2D eigenvalue weighted by Gasteiger charge is -2.19. The summed E-state index contributed by atoms with van der Waals surface area (Å²) in [6, 6.07) is 4.22. The van der Waals surface area contributed by atoms with Gasteiger partial charge in [0.2, 0.25) is 0 Å². The van der Waals surface area contributed by atoms with Crippen molar-refractivity contribution >= 4 is 15.9 Å². The smallest absolute Gasteiger partial charge is 0.0718 e. The highest BCUT2D eigenvalue weighted by atomic mass is 79.9. The van der Waals surface area contributed by atoms with Crippen LogP contribution in [0.3, 0.4) is 0 Å². The quantitative estimate of drug-likeness (QED) is 0.802. The van der Waals surface area contributed by atoms with Gasteiger partial charge in [0, 0.05) is 10.7 Å². The summed E-state index contributed by atoms with van der Waals surface area (Å²) in [7, 11) is 0. The fraction of sp³-hybridized carbons (Fsp3) is 0.462. The van der Waals surface area contributed by atoms with Crippen LogP contribution in [0.1, 0.15) is 38.4 Å². The lowest BCUT2D eigenvalue weighted by atomic mass is 10.0. The van der Waals surface area contributed by atoms with Crippen molar-refractivity contribution in [2.75, 3.05) is 6.54 Å². The Morgan fingerprint density at radius 2 is 2.31 bits per heavy atom. The van der Waals surface area contributed by atoms with Crippen molar-refractivity contribution in [3.8, 4) is 0 Å². The molecular weight excluding hydrogens is 264 g/mol. The molecule has 1 aromatic heterocycles. The summed E-state index contributed by atoms with van der Waals surface area (Å²) in [5, 5.41) is 3.45. The maximum absolute atomic E-state index is 4.43. The largest absolute Gasteiger partial charge is 0.309 e. The van der Waals surface area contributed by atoms with Gasteiger partial charge in [-0.3, -0.25) is 4.98 Å². The average molecular weight is 283 g/mol. The van der Waals surface area contributed by atoms with Crippen LogP contribution in [0, 0.1) is 0 Å². The Hall–Kier alpha value is -0.670. The fourth-order valence-electron chi connectivity index (χ4n) is 1.60. The van der Waals surface area contributed by atoms with Gasteiger partial charge in [0.25, 0.3) is 0 Å². The topological polar surface area (TPSA) is 24.9 Å². The average Bonchev–Trinajstić information content (AvgIpc) is 2.29. The van der Waals surface area contributed by atoms with E-state index in [-0.39, 0.29) is 6.04 Å². The molecule has 1 rings (SSSR count). The maximum Gasteiger partial charge on any atom is 0.0718 e. The molecule has 0 aliphatic heterocycles. The van der Waals surface area contributed by atoms with Crippen molar-refractivity contribution in [1.82, 2.24) is 10.3 Å². The van der Waals surface area contributed by atoms with E-state index in [9.17, 15) is 0 Å². The molecule has 1 heterocycles. The molecule has 0 amide bonds. The second kappa shape index (κ2) is 6.81. The first-order valence-corrected chi connectivity index (χ1v) is 6.48. The van der Waals surface area contributed by atoms with Crippen molar-refractivity contribution in [3.63, 3.8) is 0 Å². The summed E-state index contributed by atoms with van der Waals surface area (Å²) < 4.78 is 1.06. The van der Waals surface area contributed by atoms with Crippen molar-refractivity contribution in [1.29, 1.82) is 0 Å². The number of pyridine rings is 1. The third-order valence-corrected chi connectivity index (χ3v) is 3.23. The first kappa shape index (κ1) is 13.4. The number of nitrogens with one attached hydrogen (secondary N) is 1. The molecule has 1 aromatic rings. The van der Waals surface area contributed by atoms with Gasteiger partial charge in [0.15, 0.2) is 0 Å². The van der Waals surface area contributed by atoms with Crippen molar-refractivity contribution in [2.45, 2.75) is 32.7 Å². The van der Waals surface area contributed by atoms with Crippen LogP contribution in [0.15, 0.2) is 35.0 Å². The zero-order chi connectivity index (χ0) is 12.0. The molecule has 2 nitrogen and oxygen atoms in total. The number of halogens is 1. The van der Waals surface area contributed by atoms with E-state index in [1.165, 1.54) is 5.57 Å². The van der Waals surface area contributed by atoms with Crippen LogP contribution in [0.4, 0.5) is 0 Å². The molecule has 1 atom stereocenters. The van der Waals surface area contributed by atoms with E-state index in [1.807, 2.05) is 18.3 Å². The molecule has 0 fully saturated rings. The van der Waals surface area contributed by atoms with Crippen molar-refractivity contribution in [2.24, 2.45) is 0 Å². The molecule has 0 bridgehead atoms. The Labute approximate surface area is 106 Å². The van der Waals surface area contributed by atoms with Crippen LogP contribution >= 0.6 is 15.9 Å². The Balaban J connectivity index is 2.85. The summed E-state index contributed by atoms with van der Waals surface area (Å²) in [4.78, 5) is 4.43. The van der Waals surface area contributed by atoms with Gasteiger partial charge >= 0.3 is 0 Å². The van der Waals surface area contributed by atoms with E-state index in [0.29, 0.717) is 0 Å². The highest BCUT2D eigenvalue weighted by molar-refractivity contribution is 9.10. The monoisotopic (exact) mass is 282 g/mol. The third kappa shape index (κ3) is 3.72. The van der Waals surface area contributed by atoms with Crippen LogP contribution in [-0.4, -0.2) is 11.5 Å². The minimum absolute atomic E-state index is 0.257. The van der Waals surface area contributed by atoms with Crippen molar-refractivity contribution < 1.29 is 0 Å². The molecule has 88 valence electrons. The lowest BCUT2D eigenvalue weighted by molar-refractivity contribution is 0.528. The predicted molar refractivity (Wildman–Crippen MR) is 72.4 cm³/mol. The number of hydrogen-bond acceptors (Lipinski definition) is 2. The minimum Gasteiger partial charge on any atom is -0.309 e. The van der Waals surface area contributed by atoms with Gasteiger partial charge in [-0.15, -0.1) is 0 Å². The molecule has 3 heteroatoms. The third-order valence-electron chi connectivity index (χ3n) is 2.56. The Kier molecular flexibility index (Phi) is 5.71. The second-order valence-electron chi connectivity index (χ2n) is 3.79. The SMILES string of the molecule is C=C(CC)CC(NCC)c1ncccc1Br. The maximum atomic E-state index is 4.43. The molecule has 1 N–H and O–H groups in total. The molecule has 0 aromatic carbocycles. The Bertz CT molecular complexity index is 350. The van der Waals surface area contributed by atoms with Crippen molar-refractivity contribution in [3.05, 3.63) is 40.6 Å². The Morgan fingerprint density at radius 1 is 1.56 bits per heavy atom. The van der Waals surface area contributed by atoms with E-state index >= 15 is 0 Å². The number of nitrogens with zero attached hydrogens (tertiary/aromatic N) is 1. The summed E-state index contributed by atoms with van der Waals surface area (Å²) in [5.74, 6) is 0. The number of rotatable bonds is 6. The van der Waals surface area contributed by atoms with Gasteiger partial charge in [0.05, 0.1) is 11.7 Å². The van der Waals surface area contributed by atoms with E-state index in [4.69, 9.17) is 0 Å². The van der Waals surface area contributed by atoms with Gasteiger partial charge in [-0.2, -0.15) is 0 Å². The molecule has 0 saturated carbocycles. The molecule has 16 heavy (non-hydrogen) atoms. The van der Waals surface area contributed by atoms with Crippen LogP contribution in [0.25, 0.3) is 0 Å². The highest BCUT2D eigenvalue weighted by Crippen LogP contribution is 2.26. The van der Waals surface area contributed by atoms with Crippen LogP contribution in [0.5, 0.6) is 0 Å². The summed E-state index contributed by atoms with van der Waals surface area (Å²) in [5.41, 5.74) is 2.32. The fourth-order valence-corrected chi connectivity index (χ4v) is 2.13. The van der Waals surface area contributed by atoms with Crippen LogP contribution in [-0.2, 0) is 0 Å². The zero-order valence-electron chi connectivity index (χ0n) is 9.96. The standard InChI is InChI=1S/C13H19BrN2/c1-4-10(3)9-12(15-5-2)13-11(14)7-6-8-16-13/h6-8,12,15H,3-5,9H2,1-2H3. The van der Waals surface area contributed by atoms with Gasteiger partial charge in [-0.25, -0.2) is 0 Å². The van der Waals surface area contributed by atoms with Crippen LogP contribution < -0.4 is 5.32 Å². The number of aromatic nitrogens is 1. The zero-order valence-corrected chi connectivity index (χ0v) is 11.5.